The molecular weight excluding hydrogens is 330 g/mol. The summed E-state index contributed by atoms with van der Waals surface area (Å²) >= 11 is 0. The van der Waals surface area contributed by atoms with Crippen LogP contribution in [0.5, 0.6) is 0 Å². The Balaban J connectivity index is 2.54. The number of nitrogens with zero attached hydrogens (tertiary/aromatic N) is 5. The van der Waals surface area contributed by atoms with E-state index >= 15 is 0 Å². The maximum absolute atomic E-state index is 12.6. The average molecular weight is 351 g/mol. The lowest BCUT2D eigenvalue weighted by Crippen LogP contribution is -2.45. The molecule has 0 spiro atoms. The third-order valence-electron chi connectivity index (χ3n) is 3.40. The van der Waals surface area contributed by atoms with Crippen LogP contribution in [0.2, 0.25) is 0 Å². The molecule has 0 saturated heterocycles. The molecule has 10 nitrogen and oxygen atoms in total. The topological polar surface area (TPSA) is 102 Å². The predicted molar refractivity (Wildman–Crippen MR) is 89.5 cm³/mol. The van der Waals surface area contributed by atoms with Crippen LogP contribution in [0.15, 0.2) is 18.2 Å². The van der Waals surface area contributed by atoms with Gasteiger partial charge >= 0.3 is 5.95 Å². The highest BCUT2D eigenvalue weighted by molar-refractivity contribution is 5.72. The fourth-order valence-corrected chi connectivity index (χ4v) is 2.32. The Kier molecular flexibility index (Phi) is 6.66. The van der Waals surface area contributed by atoms with Gasteiger partial charge in [0.25, 0.3) is 12.8 Å². The van der Waals surface area contributed by atoms with Gasteiger partial charge in [-0.3, -0.25) is 9.59 Å². The van der Waals surface area contributed by atoms with Crippen LogP contribution in [0.4, 0.5) is 17.6 Å². The molecule has 0 unspecified atom stereocenters. The van der Waals surface area contributed by atoms with Gasteiger partial charge in [-0.2, -0.15) is 0 Å². The number of rotatable bonds is 9. The van der Waals surface area contributed by atoms with Gasteiger partial charge in [-0.15, -0.1) is 5.06 Å². The molecule has 0 bridgehead atoms. The van der Waals surface area contributed by atoms with E-state index in [0.29, 0.717) is 36.5 Å². The van der Waals surface area contributed by atoms with Crippen molar-refractivity contribution in [1.82, 2.24) is 4.98 Å². The number of anilines is 3. The van der Waals surface area contributed by atoms with Crippen molar-refractivity contribution in [2.45, 2.75) is 20.3 Å². The molecule has 25 heavy (non-hydrogen) atoms. The van der Waals surface area contributed by atoms with Crippen molar-refractivity contribution in [3.63, 3.8) is 0 Å². The molecule has 10 heteroatoms. The fraction of sp³-hybridized carbons (Fsp3) is 0.467. The first-order valence-electron chi connectivity index (χ1n) is 7.95. The van der Waals surface area contributed by atoms with Gasteiger partial charge in [0, 0.05) is 13.1 Å². The molecule has 0 aromatic carbocycles. The molecule has 2 rings (SSSR count). The first kappa shape index (κ1) is 18.6. The molecule has 0 aliphatic carbocycles. The van der Waals surface area contributed by atoms with Crippen molar-refractivity contribution in [2.24, 2.45) is 0 Å². The molecule has 0 radical (unpaired) electrons. The number of hydrogen-bond acceptors (Lipinski definition) is 7. The zero-order chi connectivity index (χ0) is 18.2. The first-order chi connectivity index (χ1) is 12.2. The third-order valence-corrected chi connectivity index (χ3v) is 3.40. The van der Waals surface area contributed by atoms with Gasteiger partial charge in [0.15, 0.2) is 5.82 Å². The summed E-state index contributed by atoms with van der Waals surface area (Å²) in [4.78, 5) is 39.0. The molecule has 0 fully saturated rings. The Bertz CT molecular complexity index is 600. The molecule has 1 aromatic rings. The van der Waals surface area contributed by atoms with Crippen LogP contribution in [0.1, 0.15) is 20.3 Å². The van der Waals surface area contributed by atoms with Gasteiger partial charge in [0.2, 0.25) is 5.82 Å². The van der Waals surface area contributed by atoms with E-state index < -0.39 is 0 Å². The van der Waals surface area contributed by atoms with E-state index in [4.69, 9.17) is 9.68 Å². The molecule has 2 amide bonds. The Labute approximate surface area is 145 Å². The van der Waals surface area contributed by atoms with Crippen LogP contribution in [0.25, 0.3) is 0 Å². The molecule has 0 N–H and O–H groups in total. The van der Waals surface area contributed by atoms with E-state index in [1.54, 1.807) is 13.8 Å². The van der Waals surface area contributed by atoms with Gasteiger partial charge in [0.05, 0.1) is 19.3 Å². The lowest BCUT2D eigenvalue weighted by molar-refractivity contribution is -0.585. The fourth-order valence-electron chi connectivity index (χ4n) is 2.32. The summed E-state index contributed by atoms with van der Waals surface area (Å²) in [5.74, 6) is 0.0166. The summed E-state index contributed by atoms with van der Waals surface area (Å²) in [5, 5.41) is 14.1. The summed E-state index contributed by atoms with van der Waals surface area (Å²) < 4.78 is 0.317. The van der Waals surface area contributed by atoms with E-state index in [0.717, 1.165) is 16.5 Å². The minimum Gasteiger partial charge on any atom is -0.754 e. The molecule has 136 valence electrons. The molecular formula is C15H21N5O5. The minimum absolute atomic E-state index is 0.113. The molecule has 0 atom stereocenters. The van der Waals surface area contributed by atoms with Gasteiger partial charge < -0.3 is 10.1 Å². The average Bonchev–Trinajstić information content (AvgIpc) is 2.65. The number of hydroxylamine groups is 2. The van der Waals surface area contributed by atoms with Crippen LogP contribution in [-0.2, 0) is 19.3 Å². The highest BCUT2D eigenvalue weighted by Gasteiger charge is 2.27. The summed E-state index contributed by atoms with van der Waals surface area (Å²) in [6.07, 6.45) is 5.57. The summed E-state index contributed by atoms with van der Waals surface area (Å²) in [7, 11) is 0. The Hall–Kier alpha value is -2.72. The predicted octanol–water partition coefficient (Wildman–Crippen LogP) is 0.310. The van der Waals surface area contributed by atoms with E-state index in [1.165, 1.54) is 6.07 Å². The largest absolute Gasteiger partial charge is 0.754 e. The van der Waals surface area contributed by atoms with Crippen LogP contribution >= 0.6 is 0 Å². The Morgan fingerprint density at radius 2 is 1.92 bits per heavy atom. The van der Waals surface area contributed by atoms with Crippen molar-refractivity contribution in [3.8, 4) is 0 Å². The zero-order valence-electron chi connectivity index (χ0n) is 14.2. The zero-order valence-corrected chi connectivity index (χ0v) is 14.2. The van der Waals surface area contributed by atoms with E-state index in [-0.39, 0.29) is 25.0 Å². The second-order valence-corrected chi connectivity index (χ2v) is 4.97. The van der Waals surface area contributed by atoms with Gasteiger partial charge in [0.1, 0.15) is 0 Å². The molecule has 0 saturated carbocycles. The van der Waals surface area contributed by atoms with Gasteiger partial charge in [-0.1, -0.05) is 22.2 Å². The molecule has 1 aliphatic rings. The quantitative estimate of drug-likeness (QED) is 0.207. The van der Waals surface area contributed by atoms with Gasteiger partial charge in [-0.25, -0.2) is 14.4 Å². The van der Waals surface area contributed by atoms with Crippen molar-refractivity contribution >= 4 is 30.4 Å². The number of amides is 2. The van der Waals surface area contributed by atoms with Crippen LogP contribution < -0.4 is 19.8 Å². The number of carbonyl (C=O) groups is 2. The lowest BCUT2D eigenvalue weighted by Gasteiger charge is -2.27. The second kappa shape index (κ2) is 8.94. The molecule has 1 aromatic heterocycles. The Morgan fingerprint density at radius 1 is 1.24 bits per heavy atom. The summed E-state index contributed by atoms with van der Waals surface area (Å²) in [6.45, 7) is 4.99. The Morgan fingerprint density at radius 3 is 2.48 bits per heavy atom. The number of aromatic nitrogens is 2. The standard InChI is InChI=1S/C15H21N5O5/c1-3-24-18(11-21)14-10-13(17-8-6-5-7-9-17)16-15(20(14)23)19(12-22)25-4-2/h5-6,10-12H,3-4,7-9H2,1-2H3. The maximum atomic E-state index is 12.6. The highest BCUT2D eigenvalue weighted by atomic mass is 16.7. The second-order valence-electron chi connectivity index (χ2n) is 4.97. The highest BCUT2D eigenvalue weighted by Crippen LogP contribution is 2.22. The lowest BCUT2D eigenvalue weighted by atomic mass is 10.2. The van der Waals surface area contributed by atoms with E-state index in [1.807, 2.05) is 17.1 Å². The van der Waals surface area contributed by atoms with Crippen molar-refractivity contribution in [2.75, 3.05) is 41.3 Å². The molecule has 2 heterocycles. The van der Waals surface area contributed by atoms with Crippen molar-refractivity contribution in [1.29, 1.82) is 0 Å². The SMILES string of the molecule is CCON(C=O)c1cc(N2CC=CCC2)nc(N(C=O)OCC)[n+]1[O-]. The third kappa shape index (κ3) is 4.22. The normalized spacial score (nSPS) is 13.6. The smallest absolute Gasteiger partial charge is 0.386 e. The maximum Gasteiger partial charge on any atom is 0.386 e. The van der Waals surface area contributed by atoms with Gasteiger partial charge in [-0.05, 0) is 20.3 Å². The van der Waals surface area contributed by atoms with Crippen LogP contribution in [-0.4, -0.2) is 44.1 Å². The monoisotopic (exact) mass is 351 g/mol. The number of carbonyl (C=O) groups excluding carboxylic acids is 2. The van der Waals surface area contributed by atoms with E-state index in [9.17, 15) is 14.8 Å². The molecule has 1 aliphatic heterocycles. The van der Waals surface area contributed by atoms with E-state index in [2.05, 4.69) is 4.98 Å². The van der Waals surface area contributed by atoms with Crippen molar-refractivity contribution in [3.05, 3.63) is 23.4 Å². The first-order valence-corrected chi connectivity index (χ1v) is 7.95. The van der Waals surface area contributed by atoms with Crippen molar-refractivity contribution < 1.29 is 24.0 Å². The minimum atomic E-state index is -0.301. The summed E-state index contributed by atoms with van der Waals surface area (Å²) in [6, 6.07) is 1.44. The number of hydrogen-bond donors (Lipinski definition) is 0. The van der Waals surface area contributed by atoms with Crippen LogP contribution in [0, 0.1) is 5.21 Å². The summed E-state index contributed by atoms with van der Waals surface area (Å²) in [5.41, 5.74) is 0. The van der Waals surface area contributed by atoms with Crippen LogP contribution in [0.3, 0.4) is 0 Å².